The van der Waals surface area contributed by atoms with Crippen molar-refractivity contribution >= 4 is 10.1 Å². The number of benzene rings is 1. The molecule has 16 heavy (non-hydrogen) atoms. The summed E-state index contributed by atoms with van der Waals surface area (Å²) in [4.78, 5) is -0.0666. The molecule has 90 valence electrons. The van der Waals surface area contributed by atoms with Gasteiger partial charge in [-0.15, -0.1) is 0 Å². The number of halogens is 1. The van der Waals surface area contributed by atoms with Crippen molar-refractivity contribution in [1.82, 2.24) is 0 Å². The van der Waals surface area contributed by atoms with Crippen LogP contribution in [0.25, 0.3) is 0 Å². The van der Waals surface area contributed by atoms with Crippen molar-refractivity contribution in [3.63, 3.8) is 0 Å². The Labute approximate surface area is 94.0 Å². The van der Waals surface area contributed by atoms with Gasteiger partial charge in [0.05, 0.1) is 4.90 Å². The van der Waals surface area contributed by atoms with Crippen molar-refractivity contribution in [2.75, 3.05) is 0 Å². The zero-order valence-electron chi connectivity index (χ0n) is 8.80. The first kappa shape index (κ1) is 13.1. The fourth-order valence-corrected chi connectivity index (χ4v) is 1.37. The van der Waals surface area contributed by atoms with Crippen molar-refractivity contribution in [2.24, 2.45) is 5.73 Å². The van der Waals surface area contributed by atoms with Crippen molar-refractivity contribution in [1.29, 1.82) is 0 Å². The molecule has 0 spiro atoms. The Hall–Kier alpha value is -0.980. The van der Waals surface area contributed by atoms with Gasteiger partial charge < -0.3 is 5.73 Å². The minimum absolute atomic E-state index is 0.0666. The summed E-state index contributed by atoms with van der Waals surface area (Å²) < 4.78 is 40.9. The Balaban J connectivity index is 0.000000212. The van der Waals surface area contributed by atoms with Crippen LogP contribution in [0.3, 0.4) is 0 Å². The Bertz CT molecular complexity index is 438. The summed E-state index contributed by atoms with van der Waals surface area (Å²) in [7, 11) is -4.02. The van der Waals surface area contributed by atoms with E-state index < -0.39 is 16.3 Å². The van der Waals surface area contributed by atoms with E-state index in [1.807, 2.05) is 6.92 Å². The summed E-state index contributed by atoms with van der Waals surface area (Å²) in [6.07, 6.45) is -0.0880. The Kier molecular flexibility index (Phi) is 4.01. The van der Waals surface area contributed by atoms with E-state index in [2.05, 4.69) is 0 Å². The van der Waals surface area contributed by atoms with Crippen molar-refractivity contribution in [2.45, 2.75) is 30.5 Å². The number of alkyl halides is 1. The molecule has 0 bridgehead atoms. The molecule has 1 aromatic carbocycles. The van der Waals surface area contributed by atoms with Crippen molar-refractivity contribution in [3.05, 3.63) is 29.8 Å². The highest BCUT2D eigenvalue weighted by molar-refractivity contribution is 7.85. The van der Waals surface area contributed by atoms with Gasteiger partial charge in [0.1, 0.15) is 6.17 Å². The normalized spacial score (nSPS) is 23.2. The molecule has 0 aromatic heterocycles. The second kappa shape index (κ2) is 4.90. The highest BCUT2D eigenvalue weighted by Gasteiger charge is 2.32. The first-order chi connectivity index (χ1) is 7.30. The third-order valence-electron chi connectivity index (χ3n) is 2.08. The quantitative estimate of drug-likeness (QED) is 0.733. The molecule has 2 rings (SSSR count). The average Bonchev–Trinajstić information content (AvgIpc) is 2.79. The summed E-state index contributed by atoms with van der Waals surface area (Å²) >= 11 is 0. The number of hydrogen-bond donors (Lipinski definition) is 2. The molecule has 1 aromatic rings. The van der Waals surface area contributed by atoms with Gasteiger partial charge in [-0.1, -0.05) is 17.7 Å². The third kappa shape index (κ3) is 4.26. The van der Waals surface area contributed by atoms with Gasteiger partial charge in [-0.05, 0) is 25.5 Å². The minimum Gasteiger partial charge on any atom is -0.325 e. The van der Waals surface area contributed by atoms with E-state index in [1.54, 1.807) is 12.1 Å². The van der Waals surface area contributed by atoms with Gasteiger partial charge >= 0.3 is 0 Å². The van der Waals surface area contributed by atoms with Crippen LogP contribution in [-0.2, 0) is 10.1 Å². The maximum atomic E-state index is 11.4. The van der Waals surface area contributed by atoms with Gasteiger partial charge in [0, 0.05) is 6.04 Å². The first-order valence-electron chi connectivity index (χ1n) is 4.74. The summed E-state index contributed by atoms with van der Waals surface area (Å²) in [6.45, 7) is 1.84. The highest BCUT2D eigenvalue weighted by atomic mass is 32.2. The lowest BCUT2D eigenvalue weighted by Gasteiger charge is -1.95. The van der Waals surface area contributed by atoms with E-state index >= 15 is 0 Å². The van der Waals surface area contributed by atoms with E-state index in [-0.39, 0.29) is 10.9 Å². The molecule has 1 saturated carbocycles. The molecule has 2 atom stereocenters. The molecule has 0 saturated heterocycles. The van der Waals surface area contributed by atoms with E-state index in [9.17, 15) is 12.8 Å². The number of hydrogen-bond acceptors (Lipinski definition) is 3. The second-order valence-corrected chi connectivity index (χ2v) is 5.13. The summed E-state index contributed by atoms with van der Waals surface area (Å²) in [5, 5.41) is 0. The van der Waals surface area contributed by atoms with Crippen LogP contribution in [0.4, 0.5) is 4.39 Å². The number of nitrogens with two attached hydrogens (primary N) is 1. The Morgan fingerprint density at radius 3 is 2.00 bits per heavy atom. The molecular weight excluding hydrogens is 233 g/mol. The molecule has 6 heteroatoms. The van der Waals surface area contributed by atoms with Crippen molar-refractivity contribution < 1.29 is 17.4 Å². The minimum atomic E-state index is -4.02. The monoisotopic (exact) mass is 247 g/mol. The lowest BCUT2D eigenvalue weighted by atomic mass is 10.2. The second-order valence-electron chi connectivity index (χ2n) is 3.70. The molecule has 0 heterocycles. The predicted octanol–water partition coefficient (Wildman–Crippen LogP) is 1.30. The molecule has 0 aliphatic heterocycles. The van der Waals surface area contributed by atoms with Crippen molar-refractivity contribution in [3.8, 4) is 0 Å². The van der Waals surface area contributed by atoms with Crippen LogP contribution < -0.4 is 5.73 Å². The Morgan fingerprint density at radius 2 is 1.75 bits per heavy atom. The fourth-order valence-electron chi connectivity index (χ4n) is 0.892. The zero-order chi connectivity index (χ0) is 12.3. The topological polar surface area (TPSA) is 80.4 Å². The fraction of sp³-hybridized carbons (Fsp3) is 0.400. The largest absolute Gasteiger partial charge is 0.325 e. The van der Waals surface area contributed by atoms with Crippen LogP contribution in [0, 0.1) is 6.92 Å². The van der Waals surface area contributed by atoms with Gasteiger partial charge in [-0.25, -0.2) is 4.39 Å². The van der Waals surface area contributed by atoms with Crippen LogP contribution >= 0.6 is 0 Å². The van der Waals surface area contributed by atoms with E-state index in [0.29, 0.717) is 6.42 Å². The van der Waals surface area contributed by atoms with Gasteiger partial charge in [0.25, 0.3) is 10.1 Å². The molecule has 0 amide bonds. The molecule has 1 aliphatic rings. The maximum Gasteiger partial charge on any atom is 0.294 e. The third-order valence-corrected chi connectivity index (χ3v) is 2.95. The van der Waals surface area contributed by atoms with E-state index in [4.69, 9.17) is 10.3 Å². The summed E-state index contributed by atoms with van der Waals surface area (Å²) in [6, 6.07) is 5.87. The zero-order valence-corrected chi connectivity index (χ0v) is 9.61. The predicted molar refractivity (Wildman–Crippen MR) is 58.5 cm³/mol. The lowest BCUT2D eigenvalue weighted by molar-refractivity contribution is 0.467. The SMILES string of the molecule is Cc1ccc(S(=O)(=O)O)cc1.NC1C[C@@H]1F. The maximum absolute atomic E-state index is 11.4. The average molecular weight is 247 g/mol. The first-order valence-corrected chi connectivity index (χ1v) is 6.18. The summed E-state index contributed by atoms with van der Waals surface area (Å²) in [5.74, 6) is 0. The van der Waals surface area contributed by atoms with Crippen LogP contribution in [0.1, 0.15) is 12.0 Å². The molecule has 3 N–H and O–H groups in total. The summed E-state index contributed by atoms with van der Waals surface area (Å²) in [5.41, 5.74) is 5.95. The van der Waals surface area contributed by atoms with Crippen LogP contribution in [0.2, 0.25) is 0 Å². The molecule has 4 nitrogen and oxygen atoms in total. The molecule has 1 unspecified atom stereocenters. The standard InChI is InChI=1S/C7H8O3S.C3H6FN/c1-6-2-4-7(5-3-6)11(8,9)10;4-2-1-3(2)5/h2-5H,1H3,(H,8,9,10);2-3H,1,5H2/t;2-,3?/m.0/s1. The molecule has 1 fully saturated rings. The van der Waals surface area contributed by atoms with Crippen LogP contribution in [0.5, 0.6) is 0 Å². The van der Waals surface area contributed by atoms with Gasteiger partial charge in [-0.2, -0.15) is 8.42 Å². The number of rotatable bonds is 1. The highest BCUT2D eigenvalue weighted by Crippen LogP contribution is 2.21. The van der Waals surface area contributed by atoms with Gasteiger partial charge in [-0.3, -0.25) is 4.55 Å². The van der Waals surface area contributed by atoms with Crippen LogP contribution in [0.15, 0.2) is 29.2 Å². The number of aryl methyl sites for hydroxylation is 1. The van der Waals surface area contributed by atoms with Crippen LogP contribution in [-0.4, -0.2) is 25.2 Å². The van der Waals surface area contributed by atoms with E-state index in [1.165, 1.54) is 12.1 Å². The molecular formula is C10H14FNO3S. The molecule has 1 aliphatic carbocycles. The smallest absolute Gasteiger partial charge is 0.294 e. The van der Waals surface area contributed by atoms with Gasteiger partial charge in [0.2, 0.25) is 0 Å². The van der Waals surface area contributed by atoms with E-state index in [0.717, 1.165) is 5.56 Å². The van der Waals surface area contributed by atoms with Gasteiger partial charge in [0.15, 0.2) is 0 Å². The molecule has 0 radical (unpaired) electrons. The Morgan fingerprint density at radius 1 is 1.38 bits per heavy atom. The lowest BCUT2D eigenvalue weighted by Crippen LogP contribution is -2.00.